The fraction of sp³-hybridized carbons (Fsp3) is 0.800. The summed E-state index contributed by atoms with van der Waals surface area (Å²) in [7, 11) is 0. The van der Waals surface area contributed by atoms with Crippen LogP contribution in [0.15, 0.2) is 4.52 Å². The quantitative estimate of drug-likeness (QED) is 0.811. The van der Waals surface area contributed by atoms with E-state index in [0.29, 0.717) is 11.9 Å². The first-order valence-electron chi connectivity index (χ1n) is 5.43. The van der Waals surface area contributed by atoms with E-state index in [-0.39, 0.29) is 6.04 Å². The maximum absolute atomic E-state index is 5.32. The normalized spacial score (nSPS) is 23.2. The molecule has 1 aliphatic heterocycles. The Morgan fingerprint density at radius 3 is 3.00 bits per heavy atom. The Bertz CT molecular complexity index is 307. The van der Waals surface area contributed by atoms with Gasteiger partial charge < -0.3 is 14.6 Å². The second-order valence-electron chi connectivity index (χ2n) is 3.86. The van der Waals surface area contributed by atoms with Gasteiger partial charge in [0.05, 0.1) is 12.6 Å². The van der Waals surface area contributed by atoms with Crippen LogP contribution >= 0.6 is 0 Å². The summed E-state index contributed by atoms with van der Waals surface area (Å²) in [5.41, 5.74) is 0. The van der Waals surface area contributed by atoms with E-state index in [1.165, 1.54) is 0 Å². The van der Waals surface area contributed by atoms with E-state index in [0.717, 1.165) is 31.9 Å². The molecule has 2 heterocycles. The smallest absolute Gasteiger partial charge is 0.223 e. The molecule has 1 aliphatic rings. The van der Waals surface area contributed by atoms with Crippen molar-refractivity contribution in [3.63, 3.8) is 0 Å². The number of hydrogen-bond acceptors (Lipinski definition) is 5. The molecule has 2 atom stereocenters. The van der Waals surface area contributed by atoms with Crippen molar-refractivity contribution in [1.82, 2.24) is 15.5 Å². The maximum atomic E-state index is 5.32. The summed E-state index contributed by atoms with van der Waals surface area (Å²) in [6.45, 7) is 5.55. The topological polar surface area (TPSA) is 60.2 Å². The average molecular weight is 211 g/mol. The Morgan fingerprint density at radius 1 is 1.60 bits per heavy atom. The number of rotatable bonds is 4. The minimum Gasteiger partial charge on any atom is -0.380 e. The molecule has 0 amide bonds. The molecule has 5 nitrogen and oxygen atoms in total. The van der Waals surface area contributed by atoms with Gasteiger partial charge in [0.2, 0.25) is 5.89 Å². The van der Waals surface area contributed by atoms with Crippen LogP contribution in [0.1, 0.15) is 37.5 Å². The lowest BCUT2D eigenvalue weighted by Gasteiger charge is -2.17. The lowest BCUT2D eigenvalue weighted by atomic mass is 10.1. The van der Waals surface area contributed by atoms with Gasteiger partial charge in [0.25, 0.3) is 0 Å². The molecule has 1 aromatic heterocycles. The van der Waals surface area contributed by atoms with Gasteiger partial charge in [-0.2, -0.15) is 4.98 Å². The van der Waals surface area contributed by atoms with Gasteiger partial charge in [0.15, 0.2) is 5.82 Å². The van der Waals surface area contributed by atoms with Crippen LogP contribution in [0.25, 0.3) is 0 Å². The molecular weight excluding hydrogens is 194 g/mol. The lowest BCUT2D eigenvalue weighted by molar-refractivity contribution is 0.187. The number of nitrogens with zero attached hydrogens (tertiary/aromatic N) is 2. The predicted molar refractivity (Wildman–Crippen MR) is 54.4 cm³/mol. The Kier molecular flexibility index (Phi) is 3.33. The zero-order valence-corrected chi connectivity index (χ0v) is 9.19. The third-order valence-corrected chi connectivity index (χ3v) is 2.63. The largest absolute Gasteiger partial charge is 0.380 e. The molecule has 1 N–H and O–H groups in total. The van der Waals surface area contributed by atoms with Gasteiger partial charge in [-0.05, 0) is 12.8 Å². The second-order valence-corrected chi connectivity index (χ2v) is 3.86. The third-order valence-electron chi connectivity index (χ3n) is 2.63. The molecule has 0 aliphatic carbocycles. The molecule has 0 bridgehead atoms. The van der Waals surface area contributed by atoms with Crippen molar-refractivity contribution < 1.29 is 9.26 Å². The Labute approximate surface area is 89.2 Å². The van der Waals surface area contributed by atoms with E-state index < -0.39 is 0 Å². The van der Waals surface area contributed by atoms with Crippen molar-refractivity contribution >= 4 is 0 Å². The summed E-state index contributed by atoms with van der Waals surface area (Å²) < 4.78 is 10.3. The van der Waals surface area contributed by atoms with Crippen LogP contribution in [0.3, 0.4) is 0 Å². The van der Waals surface area contributed by atoms with E-state index in [2.05, 4.69) is 22.4 Å². The lowest BCUT2D eigenvalue weighted by Crippen LogP contribution is -2.33. The maximum Gasteiger partial charge on any atom is 0.223 e. The molecule has 2 unspecified atom stereocenters. The average Bonchev–Trinajstić information content (AvgIpc) is 2.85. The highest BCUT2D eigenvalue weighted by atomic mass is 16.5. The van der Waals surface area contributed by atoms with E-state index in [9.17, 15) is 0 Å². The molecular formula is C10H17N3O2. The highest BCUT2D eigenvalue weighted by Gasteiger charge is 2.22. The number of ether oxygens (including phenoxy) is 1. The third kappa shape index (κ3) is 2.54. The first-order valence-corrected chi connectivity index (χ1v) is 5.43. The van der Waals surface area contributed by atoms with Crippen LogP contribution < -0.4 is 5.32 Å². The van der Waals surface area contributed by atoms with Crippen LogP contribution in [-0.4, -0.2) is 29.4 Å². The standard InChI is InChI=1S/C10H17N3O2/c1-3-9(10-11-7(2)15-13-10)12-8-4-5-14-6-8/h8-9,12H,3-6H2,1-2H3. The first kappa shape index (κ1) is 10.6. The molecule has 1 saturated heterocycles. The molecule has 1 aromatic rings. The fourth-order valence-electron chi connectivity index (χ4n) is 1.78. The monoisotopic (exact) mass is 211 g/mol. The van der Waals surface area contributed by atoms with Gasteiger partial charge in [0.1, 0.15) is 0 Å². The van der Waals surface area contributed by atoms with Gasteiger partial charge in [0, 0.05) is 19.6 Å². The van der Waals surface area contributed by atoms with Crippen molar-refractivity contribution in [2.45, 2.75) is 38.8 Å². The first-order chi connectivity index (χ1) is 7.29. The summed E-state index contributed by atoms with van der Waals surface area (Å²) in [5.74, 6) is 1.37. The van der Waals surface area contributed by atoms with Crippen LogP contribution in [0.4, 0.5) is 0 Å². The molecule has 2 rings (SSSR count). The highest BCUT2D eigenvalue weighted by molar-refractivity contribution is 4.94. The molecule has 0 aromatic carbocycles. The van der Waals surface area contributed by atoms with Crippen LogP contribution in [0.2, 0.25) is 0 Å². The summed E-state index contributed by atoms with van der Waals surface area (Å²) in [5, 5.41) is 7.42. The van der Waals surface area contributed by atoms with Crippen molar-refractivity contribution in [3.05, 3.63) is 11.7 Å². The van der Waals surface area contributed by atoms with Gasteiger partial charge in [-0.1, -0.05) is 12.1 Å². The van der Waals surface area contributed by atoms with Gasteiger partial charge in [-0.3, -0.25) is 0 Å². The molecule has 1 fully saturated rings. The van der Waals surface area contributed by atoms with E-state index in [1.807, 2.05) is 6.92 Å². The van der Waals surface area contributed by atoms with Crippen LogP contribution in [0, 0.1) is 6.92 Å². The zero-order chi connectivity index (χ0) is 10.7. The van der Waals surface area contributed by atoms with Crippen LogP contribution in [0.5, 0.6) is 0 Å². The molecule has 0 saturated carbocycles. The molecule has 5 heteroatoms. The Balaban J connectivity index is 1.97. The number of aromatic nitrogens is 2. The van der Waals surface area contributed by atoms with Crippen LogP contribution in [-0.2, 0) is 4.74 Å². The molecule has 15 heavy (non-hydrogen) atoms. The van der Waals surface area contributed by atoms with Gasteiger partial charge in [-0.15, -0.1) is 0 Å². The van der Waals surface area contributed by atoms with Gasteiger partial charge >= 0.3 is 0 Å². The SMILES string of the molecule is CCC(NC1CCOC1)c1noc(C)n1. The minimum absolute atomic E-state index is 0.175. The highest BCUT2D eigenvalue weighted by Crippen LogP contribution is 2.16. The fourth-order valence-corrected chi connectivity index (χ4v) is 1.78. The van der Waals surface area contributed by atoms with Crippen molar-refractivity contribution in [2.75, 3.05) is 13.2 Å². The Hall–Kier alpha value is -0.940. The summed E-state index contributed by atoms with van der Waals surface area (Å²) in [6.07, 6.45) is 2.02. The van der Waals surface area contributed by atoms with Crippen molar-refractivity contribution in [3.8, 4) is 0 Å². The minimum atomic E-state index is 0.175. The molecule has 0 radical (unpaired) electrons. The number of nitrogens with one attached hydrogen (secondary N) is 1. The molecule has 0 spiro atoms. The Morgan fingerprint density at radius 2 is 2.47 bits per heavy atom. The van der Waals surface area contributed by atoms with E-state index >= 15 is 0 Å². The molecule has 84 valence electrons. The van der Waals surface area contributed by atoms with Gasteiger partial charge in [-0.25, -0.2) is 0 Å². The predicted octanol–water partition coefficient (Wildman–Crippen LogP) is 1.21. The zero-order valence-electron chi connectivity index (χ0n) is 9.19. The number of hydrogen-bond donors (Lipinski definition) is 1. The van der Waals surface area contributed by atoms with Crippen molar-refractivity contribution in [1.29, 1.82) is 0 Å². The summed E-state index contributed by atoms with van der Waals surface area (Å²) in [4.78, 5) is 4.24. The van der Waals surface area contributed by atoms with Crippen molar-refractivity contribution in [2.24, 2.45) is 0 Å². The van der Waals surface area contributed by atoms with E-state index in [1.54, 1.807) is 0 Å². The second kappa shape index (κ2) is 4.72. The summed E-state index contributed by atoms with van der Waals surface area (Å²) >= 11 is 0. The van der Waals surface area contributed by atoms with E-state index in [4.69, 9.17) is 9.26 Å². The summed E-state index contributed by atoms with van der Waals surface area (Å²) in [6, 6.07) is 0.600. The number of aryl methyl sites for hydroxylation is 1.